The van der Waals surface area contributed by atoms with Gasteiger partial charge < -0.3 is 9.47 Å². The van der Waals surface area contributed by atoms with Gasteiger partial charge in [-0.3, -0.25) is 0 Å². The van der Waals surface area contributed by atoms with Crippen LogP contribution in [0.25, 0.3) is 11.3 Å². The Kier molecular flexibility index (Phi) is 4.85. The highest BCUT2D eigenvalue weighted by Crippen LogP contribution is 2.28. The quantitative estimate of drug-likeness (QED) is 0.822. The maximum Gasteiger partial charge on any atom is 0.201 e. The normalized spacial score (nSPS) is 12.4. The lowest BCUT2D eigenvalue weighted by Gasteiger charge is -2.11. The van der Waals surface area contributed by atoms with Crippen LogP contribution in [0, 0.1) is 11.6 Å². The first kappa shape index (κ1) is 15.4. The van der Waals surface area contributed by atoms with Crippen molar-refractivity contribution in [1.82, 2.24) is 15.0 Å². The molecule has 0 N–H and O–H groups in total. The van der Waals surface area contributed by atoms with Crippen LogP contribution in [0.1, 0.15) is 13.3 Å². The van der Waals surface area contributed by atoms with Gasteiger partial charge in [-0.2, -0.15) is 4.39 Å². The Bertz CT molecular complexity index is 612. The van der Waals surface area contributed by atoms with E-state index in [1.54, 1.807) is 18.0 Å². The topological polar surface area (TPSA) is 49.2 Å². The van der Waals surface area contributed by atoms with Crippen molar-refractivity contribution in [3.63, 3.8) is 0 Å². The molecule has 0 saturated carbocycles. The third kappa shape index (κ3) is 3.18. The molecule has 0 spiro atoms. The summed E-state index contributed by atoms with van der Waals surface area (Å²) in [7, 11) is 2.90. The Morgan fingerprint density at radius 1 is 1.24 bits per heavy atom. The first-order valence-corrected chi connectivity index (χ1v) is 6.56. The summed E-state index contributed by atoms with van der Waals surface area (Å²) in [6.07, 6.45) is 2.38. The summed E-state index contributed by atoms with van der Waals surface area (Å²) in [4.78, 5) is 0. The van der Waals surface area contributed by atoms with E-state index in [0.29, 0.717) is 6.54 Å². The Balaban J connectivity index is 2.28. The highest BCUT2D eigenvalue weighted by Gasteiger charge is 2.18. The third-order valence-corrected chi connectivity index (χ3v) is 3.26. The van der Waals surface area contributed by atoms with Gasteiger partial charge >= 0.3 is 0 Å². The van der Waals surface area contributed by atoms with E-state index in [4.69, 9.17) is 9.47 Å². The van der Waals surface area contributed by atoms with Crippen LogP contribution in [0.2, 0.25) is 0 Å². The lowest BCUT2D eigenvalue weighted by Crippen LogP contribution is -2.17. The molecule has 2 aromatic rings. The molecular formula is C14H17F2N3O2. The van der Waals surface area contributed by atoms with Crippen molar-refractivity contribution in [3.05, 3.63) is 30.0 Å². The van der Waals surface area contributed by atoms with Crippen molar-refractivity contribution in [1.29, 1.82) is 0 Å². The van der Waals surface area contributed by atoms with Crippen LogP contribution in [0.3, 0.4) is 0 Å². The Labute approximate surface area is 121 Å². The number of rotatable bonds is 6. The van der Waals surface area contributed by atoms with Gasteiger partial charge in [0.25, 0.3) is 0 Å². The molecule has 0 aliphatic carbocycles. The van der Waals surface area contributed by atoms with Gasteiger partial charge in [0, 0.05) is 12.7 Å². The number of hydrogen-bond acceptors (Lipinski definition) is 4. The van der Waals surface area contributed by atoms with E-state index in [1.807, 2.05) is 6.92 Å². The second kappa shape index (κ2) is 6.62. The summed E-state index contributed by atoms with van der Waals surface area (Å²) >= 11 is 0. The fourth-order valence-corrected chi connectivity index (χ4v) is 1.98. The van der Waals surface area contributed by atoms with E-state index < -0.39 is 11.6 Å². The number of aromatic nitrogens is 3. The van der Waals surface area contributed by atoms with Crippen molar-refractivity contribution in [2.24, 2.45) is 0 Å². The minimum absolute atomic E-state index is 0.00278. The minimum Gasteiger partial charge on any atom is -0.494 e. The molecule has 5 nitrogen and oxygen atoms in total. The standard InChI is InChI=1S/C14H17F2N3O2/c1-4-9(20-2)7-19-8-11(17-18-19)10-5-6-12(21-3)14(16)13(10)15/h5-6,8-9H,4,7H2,1-3H3. The van der Waals surface area contributed by atoms with Gasteiger partial charge in [-0.1, -0.05) is 12.1 Å². The zero-order valence-corrected chi connectivity index (χ0v) is 12.1. The lowest BCUT2D eigenvalue weighted by atomic mass is 10.1. The van der Waals surface area contributed by atoms with Crippen molar-refractivity contribution in [2.45, 2.75) is 26.0 Å². The van der Waals surface area contributed by atoms with Crippen LogP contribution >= 0.6 is 0 Å². The first-order chi connectivity index (χ1) is 10.1. The molecule has 7 heteroatoms. The average molecular weight is 297 g/mol. The zero-order chi connectivity index (χ0) is 15.4. The summed E-state index contributed by atoms with van der Waals surface area (Å²) in [5.41, 5.74) is 0.310. The van der Waals surface area contributed by atoms with Gasteiger partial charge in [-0.15, -0.1) is 5.10 Å². The number of hydrogen-bond donors (Lipinski definition) is 0. The molecule has 0 radical (unpaired) electrons. The maximum atomic E-state index is 14.0. The van der Waals surface area contributed by atoms with E-state index in [9.17, 15) is 8.78 Å². The second-order valence-corrected chi connectivity index (χ2v) is 4.54. The number of nitrogens with zero attached hydrogens (tertiary/aromatic N) is 3. The van der Waals surface area contributed by atoms with Crippen LogP contribution in [0.15, 0.2) is 18.3 Å². The third-order valence-electron chi connectivity index (χ3n) is 3.26. The van der Waals surface area contributed by atoms with Crippen molar-refractivity contribution in [2.75, 3.05) is 14.2 Å². The molecule has 2 rings (SSSR count). The van der Waals surface area contributed by atoms with Gasteiger partial charge in [0.1, 0.15) is 5.69 Å². The summed E-state index contributed by atoms with van der Waals surface area (Å²) in [6.45, 7) is 2.49. The van der Waals surface area contributed by atoms with Gasteiger partial charge in [-0.25, -0.2) is 9.07 Å². The summed E-state index contributed by atoms with van der Waals surface area (Å²) in [6, 6.07) is 2.77. The fourth-order valence-electron chi connectivity index (χ4n) is 1.98. The van der Waals surface area contributed by atoms with Crippen molar-refractivity contribution < 1.29 is 18.3 Å². The number of halogens is 2. The lowest BCUT2D eigenvalue weighted by molar-refractivity contribution is 0.0810. The molecule has 0 saturated heterocycles. The number of benzene rings is 1. The Morgan fingerprint density at radius 2 is 2.00 bits per heavy atom. The molecule has 0 amide bonds. The SMILES string of the molecule is CCC(Cn1cc(-c2ccc(OC)c(F)c2F)nn1)OC. The highest BCUT2D eigenvalue weighted by atomic mass is 19.2. The predicted molar refractivity (Wildman–Crippen MR) is 73.0 cm³/mol. The molecule has 1 aromatic carbocycles. The molecule has 114 valence electrons. The summed E-state index contributed by atoms with van der Waals surface area (Å²) < 4.78 is 39.2. The predicted octanol–water partition coefficient (Wildman–Crippen LogP) is 2.66. The van der Waals surface area contributed by atoms with Crippen LogP contribution in [-0.2, 0) is 11.3 Å². The molecule has 0 fully saturated rings. The van der Waals surface area contributed by atoms with E-state index in [1.165, 1.54) is 19.2 Å². The second-order valence-electron chi connectivity index (χ2n) is 4.54. The van der Waals surface area contributed by atoms with Crippen LogP contribution in [0.4, 0.5) is 8.78 Å². The molecule has 1 heterocycles. The summed E-state index contributed by atoms with van der Waals surface area (Å²) in [5.74, 6) is -2.18. The monoisotopic (exact) mass is 297 g/mol. The first-order valence-electron chi connectivity index (χ1n) is 6.56. The molecule has 0 aliphatic heterocycles. The van der Waals surface area contributed by atoms with E-state index >= 15 is 0 Å². The smallest absolute Gasteiger partial charge is 0.201 e. The van der Waals surface area contributed by atoms with Gasteiger partial charge in [0.15, 0.2) is 11.6 Å². The number of methoxy groups -OCH3 is 2. The van der Waals surface area contributed by atoms with E-state index in [0.717, 1.165) is 6.42 Å². The zero-order valence-electron chi connectivity index (χ0n) is 12.1. The van der Waals surface area contributed by atoms with Crippen molar-refractivity contribution >= 4 is 0 Å². The van der Waals surface area contributed by atoms with Crippen LogP contribution < -0.4 is 4.74 Å². The minimum atomic E-state index is -1.03. The number of ether oxygens (including phenoxy) is 2. The molecule has 0 bridgehead atoms. The average Bonchev–Trinajstić information content (AvgIpc) is 2.95. The molecular weight excluding hydrogens is 280 g/mol. The maximum absolute atomic E-state index is 14.0. The fraction of sp³-hybridized carbons (Fsp3) is 0.429. The van der Waals surface area contributed by atoms with Gasteiger partial charge in [0.2, 0.25) is 5.82 Å². The molecule has 0 aliphatic rings. The van der Waals surface area contributed by atoms with E-state index in [-0.39, 0.29) is 23.1 Å². The van der Waals surface area contributed by atoms with E-state index in [2.05, 4.69) is 10.3 Å². The Hall–Kier alpha value is -2.02. The summed E-state index contributed by atoms with van der Waals surface area (Å²) in [5, 5.41) is 7.78. The molecule has 1 aromatic heterocycles. The molecule has 1 atom stereocenters. The van der Waals surface area contributed by atoms with Crippen LogP contribution in [-0.4, -0.2) is 35.3 Å². The Morgan fingerprint density at radius 3 is 2.62 bits per heavy atom. The van der Waals surface area contributed by atoms with Crippen molar-refractivity contribution in [3.8, 4) is 17.0 Å². The van der Waals surface area contributed by atoms with Crippen LogP contribution in [0.5, 0.6) is 5.75 Å². The highest BCUT2D eigenvalue weighted by molar-refractivity contribution is 5.60. The van der Waals surface area contributed by atoms with Gasteiger partial charge in [0.05, 0.1) is 26.0 Å². The van der Waals surface area contributed by atoms with Gasteiger partial charge in [-0.05, 0) is 18.6 Å². The molecule has 1 unspecified atom stereocenters. The molecule has 21 heavy (non-hydrogen) atoms. The largest absolute Gasteiger partial charge is 0.494 e.